The fraction of sp³-hybridized carbons (Fsp3) is 0.867. The van der Waals surface area contributed by atoms with Crippen LogP contribution in [-0.4, -0.2) is 73.5 Å². The molecule has 0 spiro atoms. The predicted octanol–water partition coefficient (Wildman–Crippen LogP) is 6.07. The van der Waals surface area contributed by atoms with Crippen LogP contribution in [0.5, 0.6) is 0 Å². The summed E-state index contributed by atoms with van der Waals surface area (Å²) in [7, 11) is -3.22. The van der Waals surface area contributed by atoms with Crippen LogP contribution in [0.2, 0.25) is 39.3 Å². The van der Waals surface area contributed by atoms with E-state index in [1.165, 1.54) is 0 Å². The Morgan fingerprint density at radius 3 is 1.02 bits per heavy atom. The third-order valence-corrected chi connectivity index (χ3v) is 6.26. The largest absolute Gasteiger partial charge is 0.481 e. The molecule has 2 fully saturated rings. The van der Waals surface area contributed by atoms with Crippen LogP contribution in [-0.2, 0) is 54.9 Å². The van der Waals surface area contributed by atoms with Gasteiger partial charge in [0.15, 0.2) is 16.6 Å². The van der Waals surface area contributed by atoms with Crippen LogP contribution in [0.1, 0.15) is 90.9 Å². The van der Waals surface area contributed by atoms with Gasteiger partial charge in [0.05, 0.1) is 36.9 Å². The summed E-state index contributed by atoms with van der Waals surface area (Å²) in [5.41, 5.74) is 0. The molecular weight excluding hydrogens is 668 g/mol. The number of carboxylic acid groups (broad SMARTS) is 2. The van der Waals surface area contributed by atoms with E-state index in [-0.39, 0.29) is 38.1 Å². The van der Waals surface area contributed by atoms with E-state index in [1.54, 1.807) is 0 Å². The zero-order chi connectivity index (χ0) is 32.9. The van der Waals surface area contributed by atoms with E-state index in [2.05, 4.69) is 0 Å². The number of aliphatic carboxylic acids is 2. The first-order valence-corrected chi connectivity index (χ1v) is 22.5. The Balaban J connectivity index is -0.000000558. The van der Waals surface area contributed by atoms with E-state index in [0.717, 1.165) is 51.4 Å². The first-order valence-electron chi connectivity index (χ1n) is 15.6. The summed E-state index contributed by atoms with van der Waals surface area (Å²) in [5, 5.41) is 18.0. The van der Waals surface area contributed by atoms with Crippen molar-refractivity contribution in [2.45, 2.75) is 130 Å². The maximum absolute atomic E-state index is 11.7. The molecule has 0 saturated heterocycles. The SMILES string of the molecule is CCCCOC(=O)C1CCCCC1C(=O)O.CCCCOC(=O)C1CCCCC1C(=O)O.C[Si](C)(C)O.C[Si](C)(C)O.[Zr]. The van der Waals surface area contributed by atoms with E-state index in [9.17, 15) is 19.2 Å². The molecule has 13 heteroatoms. The number of hydrogen-bond donors (Lipinski definition) is 4. The van der Waals surface area contributed by atoms with Gasteiger partial charge in [0.25, 0.3) is 0 Å². The minimum absolute atomic E-state index is 0. The van der Waals surface area contributed by atoms with Crippen LogP contribution in [0, 0.1) is 23.7 Å². The summed E-state index contributed by atoms with van der Waals surface area (Å²) in [5.74, 6) is -4.30. The molecule has 43 heavy (non-hydrogen) atoms. The first-order chi connectivity index (χ1) is 19.3. The maximum atomic E-state index is 11.7. The molecule has 4 unspecified atom stereocenters. The second-order valence-electron chi connectivity index (χ2n) is 13.1. The number of carbonyl (C=O) groups excluding carboxylic acids is 2. The molecule has 252 valence electrons. The Labute approximate surface area is 281 Å². The monoisotopic (exact) mass is 726 g/mol. The molecule has 4 N–H and O–H groups in total. The third kappa shape index (κ3) is 28.3. The van der Waals surface area contributed by atoms with Crippen molar-refractivity contribution >= 4 is 40.5 Å². The molecule has 0 aromatic rings. The van der Waals surface area contributed by atoms with Crippen molar-refractivity contribution in [3.63, 3.8) is 0 Å². The first kappa shape index (κ1) is 46.5. The van der Waals surface area contributed by atoms with E-state index < -0.39 is 52.2 Å². The number of esters is 2. The Morgan fingerprint density at radius 2 is 0.814 bits per heavy atom. The number of unbranched alkanes of at least 4 members (excludes halogenated alkanes) is 2. The third-order valence-electron chi connectivity index (χ3n) is 6.26. The minimum Gasteiger partial charge on any atom is -0.481 e. The van der Waals surface area contributed by atoms with Crippen molar-refractivity contribution in [3.05, 3.63) is 0 Å². The molecular formula is C30H60O10Si2Zr. The standard InChI is InChI=1S/2C12H20O4.2C3H10OSi.Zr/c2*1-2-3-8-16-12(15)10-7-5-4-6-9(10)11(13)14;2*1-5(2,3)4;/h2*9-10H,2-8H2,1H3,(H,13,14);2*4H,1-3H3;. The zero-order valence-electron chi connectivity index (χ0n) is 27.9. The van der Waals surface area contributed by atoms with Crippen LogP contribution in [0.4, 0.5) is 0 Å². The van der Waals surface area contributed by atoms with Gasteiger partial charge in [-0.15, -0.1) is 0 Å². The quantitative estimate of drug-likeness (QED) is 0.118. The van der Waals surface area contributed by atoms with Crippen LogP contribution < -0.4 is 0 Å². The van der Waals surface area contributed by atoms with Crippen molar-refractivity contribution in [3.8, 4) is 0 Å². The summed E-state index contributed by atoms with van der Waals surface area (Å²) >= 11 is 0. The molecule has 2 rings (SSSR count). The summed E-state index contributed by atoms with van der Waals surface area (Å²) in [6.07, 6.45) is 9.79. The van der Waals surface area contributed by atoms with Gasteiger partial charge in [0, 0.05) is 26.2 Å². The van der Waals surface area contributed by atoms with Crippen LogP contribution in [0.25, 0.3) is 0 Å². The number of rotatable bonds is 10. The van der Waals surface area contributed by atoms with Gasteiger partial charge in [-0.2, -0.15) is 0 Å². The normalized spacial score (nSPS) is 21.4. The van der Waals surface area contributed by atoms with E-state index >= 15 is 0 Å². The van der Waals surface area contributed by atoms with Crippen LogP contribution in [0.3, 0.4) is 0 Å². The summed E-state index contributed by atoms with van der Waals surface area (Å²) < 4.78 is 10.2. The Bertz CT molecular complexity index is 708. The van der Waals surface area contributed by atoms with Crippen molar-refractivity contribution in [1.82, 2.24) is 0 Å². The Morgan fingerprint density at radius 1 is 0.581 bits per heavy atom. The molecule has 4 atom stereocenters. The fourth-order valence-electron chi connectivity index (χ4n) is 4.27. The molecule has 0 amide bonds. The van der Waals surface area contributed by atoms with Gasteiger partial charge in [-0.1, -0.05) is 52.4 Å². The number of hydrogen-bond acceptors (Lipinski definition) is 8. The molecule has 2 aliphatic carbocycles. The molecule has 0 aromatic heterocycles. The predicted molar refractivity (Wildman–Crippen MR) is 169 cm³/mol. The minimum atomic E-state index is -1.61. The molecule has 0 aromatic carbocycles. The van der Waals surface area contributed by atoms with E-state index in [1.807, 2.05) is 53.1 Å². The van der Waals surface area contributed by atoms with Crippen molar-refractivity contribution < 1.29 is 74.7 Å². The average Bonchev–Trinajstić information content (AvgIpc) is 2.87. The van der Waals surface area contributed by atoms with Gasteiger partial charge in [-0.3, -0.25) is 19.2 Å². The van der Waals surface area contributed by atoms with Gasteiger partial charge in [-0.25, -0.2) is 0 Å². The molecule has 2 saturated carbocycles. The molecule has 0 aliphatic heterocycles. The molecule has 0 bridgehead atoms. The van der Waals surface area contributed by atoms with Gasteiger partial charge in [0.2, 0.25) is 0 Å². The topological polar surface area (TPSA) is 168 Å². The summed E-state index contributed by atoms with van der Waals surface area (Å²) in [6.45, 7) is 16.2. The maximum Gasteiger partial charge on any atom is 0.309 e. The van der Waals surface area contributed by atoms with Crippen molar-refractivity contribution in [2.24, 2.45) is 23.7 Å². The Hall–Kier alpha value is -0.883. The van der Waals surface area contributed by atoms with Gasteiger partial charge >= 0.3 is 23.9 Å². The van der Waals surface area contributed by atoms with Gasteiger partial charge < -0.3 is 29.3 Å². The number of carboxylic acids is 2. The molecule has 0 radical (unpaired) electrons. The Kier molecular flexibility index (Phi) is 27.4. The number of carbonyl (C=O) groups is 4. The van der Waals surface area contributed by atoms with E-state index in [4.69, 9.17) is 29.3 Å². The smallest absolute Gasteiger partial charge is 0.309 e. The van der Waals surface area contributed by atoms with Gasteiger partial charge in [0.1, 0.15) is 0 Å². The second kappa shape index (κ2) is 25.3. The van der Waals surface area contributed by atoms with E-state index in [0.29, 0.717) is 38.9 Å². The van der Waals surface area contributed by atoms with Crippen molar-refractivity contribution in [2.75, 3.05) is 13.2 Å². The average molecular weight is 728 g/mol. The zero-order valence-corrected chi connectivity index (χ0v) is 32.4. The number of ether oxygens (including phenoxy) is 2. The van der Waals surface area contributed by atoms with Gasteiger partial charge in [-0.05, 0) is 77.8 Å². The van der Waals surface area contributed by atoms with Crippen molar-refractivity contribution in [1.29, 1.82) is 0 Å². The molecule has 0 heterocycles. The summed E-state index contributed by atoms with van der Waals surface area (Å²) in [4.78, 5) is 62.7. The summed E-state index contributed by atoms with van der Waals surface area (Å²) in [6, 6.07) is 0. The van der Waals surface area contributed by atoms with Crippen LogP contribution >= 0.6 is 0 Å². The fourth-order valence-corrected chi connectivity index (χ4v) is 4.27. The molecule has 2 aliphatic rings. The second-order valence-corrected chi connectivity index (χ2v) is 21.7. The molecule has 10 nitrogen and oxygen atoms in total. The van der Waals surface area contributed by atoms with Crippen LogP contribution in [0.15, 0.2) is 0 Å².